The van der Waals surface area contributed by atoms with Gasteiger partial charge in [0.1, 0.15) is 5.82 Å². The first kappa shape index (κ1) is 19.1. The summed E-state index contributed by atoms with van der Waals surface area (Å²) in [5.41, 5.74) is 1.03. The molecule has 144 valence electrons. The van der Waals surface area contributed by atoms with Crippen molar-refractivity contribution in [3.05, 3.63) is 35.6 Å². The fourth-order valence-electron chi connectivity index (χ4n) is 3.36. The van der Waals surface area contributed by atoms with Crippen LogP contribution in [0.3, 0.4) is 0 Å². The summed E-state index contributed by atoms with van der Waals surface area (Å²) in [6, 6.07) is 6.42. The van der Waals surface area contributed by atoms with Crippen LogP contribution in [0, 0.1) is 5.82 Å². The van der Waals surface area contributed by atoms with Crippen LogP contribution >= 0.6 is 0 Å². The molecule has 2 amide bonds. The minimum Gasteiger partial charge on any atom is -0.379 e. The van der Waals surface area contributed by atoms with Gasteiger partial charge in [-0.2, -0.15) is 0 Å². The van der Waals surface area contributed by atoms with Crippen LogP contribution in [0.4, 0.5) is 9.18 Å². The van der Waals surface area contributed by atoms with Crippen molar-refractivity contribution >= 4 is 6.03 Å². The number of amides is 2. The molecule has 1 N–H and O–H groups in total. The second-order valence-electron chi connectivity index (χ2n) is 6.89. The van der Waals surface area contributed by atoms with E-state index in [9.17, 15) is 9.18 Å². The van der Waals surface area contributed by atoms with Gasteiger partial charge in [-0.3, -0.25) is 9.80 Å². The van der Waals surface area contributed by atoms with Gasteiger partial charge in [0, 0.05) is 58.9 Å². The van der Waals surface area contributed by atoms with E-state index in [-0.39, 0.29) is 11.8 Å². The Morgan fingerprint density at radius 1 is 0.962 bits per heavy atom. The number of carbonyl (C=O) groups excluding carboxylic acids is 1. The zero-order valence-electron chi connectivity index (χ0n) is 15.3. The average Bonchev–Trinajstić information content (AvgIpc) is 2.69. The van der Waals surface area contributed by atoms with Gasteiger partial charge in [0.25, 0.3) is 0 Å². The number of urea groups is 1. The van der Waals surface area contributed by atoms with Crippen molar-refractivity contribution in [2.75, 3.05) is 72.1 Å². The molecule has 2 heterocycles. The number of halogens is 1. The molecule has 2 fully saturated rings. The summed E-state index contributed by atoms with van der Waals surface area (Å²) in [4.78, 5) is 19.0. The van der Waals surface area contributed by atoms with Crippen molar-refractivity contribution in [3.63, 3.8) is 0 Å². The van der Waals surface area contributed by atoms with Gasteiger partial charge in [-0.1, -0.05) is 12.1 Å². The molecule has 6 nitrogen and oxygen atoms in total. The molecule has 0 radical (unpaired) electrons. The summed E-state index contributed by atoms with van der Waals surface area (Å²) in [5.74, 6) is -0.232. The van der Waals surface area contributed by atoms with E-state index in [4.69, 9.17) is 4.74 Å². The van der Waals surface area contributed by atoms with Gasteiger partial charge in [-0.15, -0.1) is 0 Å². The van der Waals surface area contributed by atoms with Gasteiger partial charge in [0.2, 0.25) is 0 Å². The summed E-state index contributed by atoms with van der Waals surface area (Å²) in [6.07, 6.45) is 0.714. The van der Waals surface area contributed by atoms with Crippen LogP contribution in [0.15, 0.2) is 24.3 Å². The van der Waals surface area contributed by atoms with Crippen LogP contribution in [0.1, 0.15) is 5.56 Å². The molecule has 0 aliphatic carbocycles. The molecule has 0 saturated carbocycles. The molecule has 0 bridgehead atoms. The Kier molecular flexibility index (Phi) is 7.22. The highest BCUT2D eigenvalue weighted by molar-refractivity contribution is 5.74. The Hall–Kier alpha value is -1.70. The molecular formula is C19H29FN4O2. The Labute approximate surface area is 154 Å². The summed E-state index contributed by atoms with van der Waals surface area (Å²) >= 11 is 0. The molecule has 2 aliphatic rings. The molecule has 0 spiro atoms. The quantitative estimate of drug-likeness (QED) is 0.819. The van der Waals surface area contributed by atoms with Gasteiger partial charge in [0.15, 0.2) is 0 Å². The third-order valence-electron chi connectivity index (χ3n) is 5.10. The highest BCUT2D eigenvalue weighted by Gasteiger charge is 2.21. The van der Waals surface area contributed by atoms with Gasteiger partial charge in [-0.05, 0) is 24.1 Å². The molecule has 1 aromatic rings. The highest BCUT2D eigenvalue weighted by Crippen LogP contribution is 2.05. The first-order valence-electron chi connectivity index (χ1n) is 9.50. The number of rotatable bonds is 6. The van der Waals surface area contributed by atoms with Crippen LogP contribution in [0.25, 0.3) is 0 Å². The van der Waals surface area contributed by atoms with Crippen LogP contribution in [-0.2, 0) is 11.2 Å². The first-order valence-corrected chi connectivity index (χ1v) is 9.50. The molecule has 2 aliphatic heterocycles. The van der Waals surface area contributed by atoms with Gasteiger partial charge in [-0.25, -0.2) is 9.18 Å². The minimum atomic E-state index is -0.232. The van der Waals surface area contributed by atoms with Crippen molar-refractivity contribution in [1.82, 2.24) is 20.0 Å². The van der Waals surface area contributed by atoms with Crippen molar-refractivity contribution in [1.29, 1.82) is 0 Å². The fraction of sp³-hybridized carbons (Fsp3) is 0.632. The molecule has 0 aromatic heterocycles. The predicted molar refractivity (Wildman–Crippen MR) is 98.8 cm³/mol. The maximum atomic E-state index is 12.9. The lowest BCUT2D eigenvalue weighted by molar-refractivity contribution is 0.0309. The normalized spacial score (nSPS) is 19.5. The molecule has 1 aromatic carbocycles. The number of hydrogen-bond donors (Lipinski definition) is 1. The Bertz CT molecular complexity index is 555. The standard InChI is InChI=1S/C19H29FN4O2/c20-18-3-1-17(2-4-18)5-6-21-19(25)24-11-9-22(10-12-24)7-8-23-13-15-26-16-14-23/h1-4H,5-16H2,(H,21,25). The number of benzene rings is 1. The lowest BCUT2D eigenvalue weighted by atomic mass is 10.1. The maximum absolute atomic E-state index is 12.9. The summed E-state index contributed by atoms with van der Waals surface area (Å²) in [5, 5.41) is 2.97. The van der Waals surface area contributed by atoms with E-state index in [0.717, 1.165) is 71.1 Å². The van der Waals surface area contributed by atoms with E-state index < -0.39 is 0 Å². The van der Waals surface area contributed by atoms with Crippen LogP contribution in [-0.4, -0.2) is 92.8 Å². The SMILES string of the molecule is O=C(NCCc1ccc(F)cc1)N1CCN(CCN2CCOCC2)CC1. The number of morpholine rings is 1. The Balaban J connectivity index is 1.29. The van der Waals surface area contributed by atoms with Crippen molar-refractivity contribution in [3.8, 4) is 0 Å². The van der Waals surface area contributed by atoms with E-state index in [1.807, 2.05) is 4.90 Å². The van der Waals surface area contributed by atoms with Gasteiger partial charge in [0.05, 0.1) is 13.2 Å². The van der Waals surface area contributed by atoms with Crippen molar-refractivity contribution in [2.24, 2.45) is 0 Å². The molecule has 7 heteroatoms. The monoisotopic (exact) mass is 364 g/mol. The zero-order valence-corrected chi connectivity index (χ0v) is 15.3. The molecule has 2 saturated heterocycles. The average molecular weight is 364 g/mol. The van der Waals surface area contributed by atoms with Gasteiger partial charge < -0.3 is 15.0 Å². The van der Waals surface area contributed by atoms with Gasteiger partial charge >= 0.3 is 6.03 Å². The second kappa shape index (κ2) is 9.85. The number of nitrogens with zero attached hydrogens (tertiary/aromatic N) is 3. The second-order valence-corrected chi connectivity index (χ2v) is 6.89. The maximum Gasteiger partial charge on any atom is 0.317 e. The third-order valence-corrected chi connectivity index (χ3v) is 5.10. The number of ether oxygens (including phenoxy) is 1. The van der Waals surface area contributed by atoms with E-state index in [2.05, 4.69) is 15.1 Å². The molecule has 0 unspecified atom stereocenters. The third kappa shape index (κ3) is 5.93. The lowest BCUT2D eigenvalue weighted by Crippen LogP contribution is -2.53. The van der Waals surface area contributed by atoms with E-state index in [1.54, 1.807) is 12.1 Å². The summed E-state index contributed by atoms with van der Waals surface area (Å²) in [6.45, 7) is 9.82. The van der Waals surface area contributed by atoms with E-state index >= 15 is 0 Å². The number of carbonyl (C=O) groups is 1. The van der Waals surface area contributed by atoms with E-state index in [1.165, 1.54) is 12.1 Å². The largest absolute Gasteiger partial charge is 0.379 e. The Morgan fingerprint density at radius 3 is 2.23 bits per heavy atom. The lowest BCUT2D eigenvalue weighted by Gasteiger charge is -2.36. The summed E-state index contributed by atoms with van der Waals surface area (Å²) < 4.78 is 18.3. The topological polar surface area (TPSA) is 48.1 Å². The number of piperazine rings is 1. The zero-order chi connectivity index (χ0) is 18.2. The fourth-order valence-corrected chi connectivity index (χ4v) is 3.36. The van der Waals surface area contributed by atoms with Crippen LogP contribution in [0.2, 0.25) is 0 Å². The highest BCUT2D eigenvalue weighted by atomic mass is 19.1. The van der Waals surface area contributed by atoms with Crippen LogP contribution < -0.4 is 5.32 Å². The van der Waals surface area contributed by atoms with E-state index in [0.29, 0.717) is 13.0 Å². The number of nitrogens with one attached hydrogen (secondary N) is 1. The molecular weight excluding hydrogens is 335 g/mol. The molecule has 26 heavy (non-hydrogen) atoms. The van der Waals surface area contributed by atoms with Crippen LogP contribution in [0.5, 0.6) is 0 Å². The Morgan fingerprint density at radius 2 is 1.58 bits per heavy atom. The van der Waals surface area contributed by atoms with Crippen molar-refractivity contribution in [2.45, 2.75) is 6.42 Å². The van der Waals surface area contributed by atoms with Crippen molar-refractivity contribution < 1.29 is 13.9 Å². The minimum absolute atomic E-state index is 0.0000547. The molecule has 0 atom stereocenters. The smallest absolute Gasteiger partial charge is 0.317 e. The number of hydrogen-bond acceptors (Lipinski definition) is 4. The first-order chi connectivity index (χ1) is 12.7. The predicted octanol–water partition coefficient (Wildman–Crippen LogP) is 1.03. The summed E-state index contributed by atoms with van der Waals surface area (Å²) in [7, 11) is 0. The molecule has 3 rings (SSSR count).